The van der Waals surface area contributed by atoms with Gasteiger partial charge in [0.1, 0.15) is 6.61 Å². The third kappa shape index (κ3) is 2.37. The Balaban J connectivity index is 2.40. The summed E-state index contributed by atoms with van der Waals surface area (Å²) < 4.78 is 5.90. The van der Waals surface area contributed by atoms with Crippen molar-refractivity contribution in [2.75, 3.05) is 31.2 Å². The summed E-state index contributed by atoms with van der Waals surface area (Å²) in [6.07, 6.45) is 0. The van der Waals surface area contributed by atoms with Crippen LogP contribution in [0.3, 0.4) is 0 Å². The van der Waals surface area contributed by atoms with Crippen LogP contribution in [0.25, 0.3) is 0 Å². The molecule has 1 aromatic rings. The number of rotatable bonds is 3. The molecule has 5 heteroatoms. The van der Waals surface area contributed by atoms with Crippen molar-refractivity contribution in [3.8, 4) is 5.75 Å². The van der Waals surface area contributed by atoms with E-state index in [1.54, 1.807) is 11.8 Å². The number of nitrogen functional groups attached to an aromatic ring is 2. The lowest BCUT2D eigenvalue weighted by molar-refractivity contribution is 0.193. The third-order valence-corrected chi connectivity index (χ3v) is 5.26. The second-order valence-corrected chi connectivity index (χ2v) is 6.03. The highest BCUT2D eigenvalue weighted by molar-refractivity contribution is 8.00. The summed E-state index contributed by atoms with van der Waals surface area (Å²) >= 11 is 1.77. The Morgan fingerprint density at radius 1 is 1.16 bits per heavy atom. The number of benzene rings is 1. The molecule has 0 spiro atoms. The van der Waals surface area contributed by atoms with Gasteiger partial charge in [-0.3, -0.25) is 4.90 Å². The predicted octanol–water partition coefficient (Wildman–Crippen LogP) is 2.62. The fourth-order valence-electron chi connectivity index (χ4n) is 2.39. The first kappa shape index (κ1) is 14.3. The summed E-state index contributed by atoms with van der Waals surface area (Å²) in [5, 5.41) is 0.311. The predicted molar refractivity (Wildman–Crippen MR) is 82.8 cm³/mol. The van der Waals surface area contributed by atoms with E-state index in [0.29, 0.717) is 12.0 Å². The van der Waals surface area contributed by atoms with E-state index in [-0.39, 0.29) is 0 Å². The van der Waals surface area contributed by atoms with Crippen LogP contribution < -0.4 is 16.2 Å². The van der Waals surface area contributed by atoms with Gasteiger partial charge in [-0.05, 0) is 38.1 Å². The topological polar surface area (TPSA) is 64.5 Å². The molecule has 0 amide bonds. The Bertz CT molecular complexity index is 486. The van der Waals surface area contributed by atoms with E-state index in [1.807, 2.05) is 13.8 Å². The minimum Gasteiger partial charge on any atom is -0.488 e. The van der Waals surface area contributed by atoms with E-state index in [0.717, 1.165) is 46.2 Å². The summed E-state index contributed by atoms with van der Waals surface area (Å²) in [5.41, 5.74) is 16.0. The lowest BCUT2D eigenvalue weighted by Gasteiger charge is -2.34. The first-order chi connectivity index (χ1) is 9.01. The number of nitrogens with two attached hydrogens (primary N) is 2. The summed E-state index contributed by atoms with van der Waals surface area (Å²) in [7, 11) is 0. The standard InChI is InChI=1S/C14H23N3OS/c1-5-17(6-2)10-7-18-13-11(15)8(3)9(4)12(16)14(13)19-10/h10H,5-7,15-16H2,1-4H3. The van der Waals surface area contributed by atoms with Crippen LogP contribution in [0.1, 0.15) is 25.0 Å². The molecule has 106 valence electrons. The van der Waals surface area contributed by atoms with Crippen molar-refractivity contribution in [2.24, 2.45) is 0 Å². The Morgan fingerprint density at radius 3 is 2.32 bits per heavy atom. The molecule has 0 aromatic heterocycles. The molecule has 0 fully saturated rings. The maximum absolute atomic E-state index is 6.24. The lowest BCUT2D eigenvalue weighted by Crippen LogP contribution is -2.38. The lowest BCUT2D eigenvalue weighted by atomic mass is 10.1. The van der Waals surface area contributed by atoms with E-state index in [4.69, 9.17) is 16.2 Å². The number of hydrogen-bond donors (Lipinski definition) is 2. The average molecular weight is 281 g/mol. The Kier molecular flexibility index (Phi) is 4.16. The van der Waals surface area contributed by atoms with Crippen LogP contribution in [0, 0.1) is 13.8 Å². The largest absolute Gasteiger partial charge is 0.488 e. The van der Waals surface area contributed by atoms with Gasteiger partial charge < -0.3 is 16.2 Å². The third-order valence-electron chi connectivity index (χ3n) is 3.91. The van der Waals surface area contributed by atoms with Crippen molar-refractivity contribution in [3.05, 3.63) is 11.1 Å². The molecular formula is C14H23N3OS. The summed E-state index contributed by atoms with van der Waals surface area (Å²) in [6.45, 7) is 11.0. The molecule has 4 nitrogen and oxygen atoms in total. The molecule has 0 aliphatic carbocycles. The van der Waals surface area contributed by atoms with E-state index in [2.05, 4.69) is 18.7 Å². The Hall–Kier alpha value is -1.07. The number of nitrogens with zero attached hydrogens (tertiary/aromatic N) is 1. The average Bonchev–Trinajstić information content (AvgIpc) is 2.44. The van der Waals surface area contributed by atoms with E-state index in [1.165, 1.54) is 0 Å². The summed E-state index contributed by atoms with van der Waals surface area (Å²) in [5.74, 6) is 0.772. The number of thioether (sulfide) groups is 1. The van der Waals surface area contributed by atoms with Crippen molar-refractivity contribution in [1.82, 2.24) is 4.90 Å². The van der Waals surface area contributed by atoms with Crippen LogP contribution in [0.2, 0.25) is 0 Å². The van der Waals surface area contributed by atoms with E-state index < -0.39 is 0 Å². The van der Waals surface area contributed by atoms with Crippen LogP contribution in [0.5, 0.6) is 5.75 Å². The second kappa shape index (κ2) is 5.51. The molecule has 0 saturated heterocycles. The van der Waals surface area contributed by atoms with Crippen molar-refractivity contribution >= 4 is 23.1 Å². The first-order valence-electron chi connectivity index (χ1n) is 6.72. The molecule has 1 heterocycles. The van der Waals surface area contributed by atoms with E-state index in [9.17, 15) is 0 Å². The highest BCUT2D eigenvalue weighted by Gasteiger charge is 2.29. The van der Waals surface area contributed by atoms with Gasteiger partial charge in [0.05, 0.1) is 21.6 Å². The number of likely N-dealkylation sites (N-methyl/N-ethyl adjacent to an activating group) is 1. The minimum absolute atomic E-state index is 0.311. The monoisotopic (exact) mass is 281 g/mol. The SMILES string of the molecule is CCN(CC)C1COc2c(N)c(C)c(C)c(N)c2S1. The van der Waals surface area contributed by atoms with Crippen LogP contribution in [-0.4, -0.2) is 30.0 Å². The molecule has 4 N–H and O–H groups in total. The van der Waals surface area contributed by atoms with Gasteiger partial charge in [-0.15, -0.1) is 0 Å². The highest BCUT2D eigenvalue weighted by Crippen LogP contribution is 2.48. The van der Waals surface area contributed by atoms with Gasteiger partial charge in [-0.25, -0.2) is 0 Å². The van der Waals surface area contributed by atoms with E-state index >= 15 is 0 Å². The van der Waals surface area contributed by atoms with Gasteiger partial charge in [-0.1, -0.05) is 25.6 Å². The van der Waals surface area contributed by atoms with Crippen LogP contribution >= 0.6 is 11.8 Å². The fraction of sp³-hybridized carbons (Fsp3) is 0.571. The maximum Gasteiger partial charge on any atom is 0.158 e. The van der Waals surface area contributed by atoms with Crippen molar-refractivity contribution in [2.45, 2.75) is 38.0 Å². The molecule has 1 unspecified atom stereocenters. The molecule has 1 aliphatic rings. The van der Waals surface area contributed by atoms with Crippen molar-refractivity contribution in [3.63, 3.8) is 0 Å². The van der Waals surface area contributed by atoms with Gasteiger partial charge in [0.2, 0.25) is 0 Å². The molecule has 0 bridgehead atoms. The molecule has 0 saturated carbocycles. The minimum atomic E-state index is 0.311. The molecule has 1 aliphatic heterocycles. The molecular weight excluding hydrogens is 258 g/mol. The molecule has 2 rings (SSSR count). The van der Waals surface area contributed by atoms with Gasteiger partial charge in [0, 0.05) is 0 Å². The maximum atomic E-state index is 6.24. The van der Waals surface area contributed by atoms with Gasteiger partial charge in [0.25, 0.3) is 0 Å². The number of anilines is 2. The molecule has 0 radical (unpaired) electrons. The molecule has 1 atom stereocenters. The zero-order valence-electron chi connectivity index (χ0n) is 12.1. The van der Waals surface area contributed by atoms with Crippen molar-refractivity contribution < 1.29 is 4.74 Å². The molecule has 19 heavy (non-hydrogen) atoms. The normalized spacial score (nSPS) is 18.3. The first-order valence-corrected chi connectivity index (χ1v) is 7.60. The van der Waals surface area contributed by atoms with Crippen LogP contribution in [0.15, 0.2) is 4.90 Å². The Labute approximate surface area is 119 Å². The highest BCUT2D eigenvalue weighted by atomic mass is 32.2. The molecule has 1 aromatic carbocycles. The van der Waals surface area contributed by atoms with Gasteiger partial charge in [-0.2, -0.15) is 0 Å². The smallest absolute Gasteiger partial charge is 0.158 e. The zero-order valence-corrected chi connectivity index (χ0v) is 12.9. The number of fused-ring (bicyclic) bond motifs is 1. The van der Waals surface area contributed by atoms with Crippen molar-refractivity contribution in [1.29, 1.82) is 0 Å². The van der Waals surface area contributed by atoms with Crippen LogP contribution in [-0.2, 0) is 0 Å². The van der Waals surface area contributed by atoms with Crippen LogP contribution in [0.4, 0.5) is 11.4 Å². The van der Waals surface area contributed by atoms with Gasteiger partial charge in [0.15, 0.2) is 5.75 Å². The fourth-order valence-corrected chi connectivity index (χ4v) is 3.80. The summed E-state index contributed by atoms with van der Waals surface area (Å²) in [4.78, 5) is 3.38. The summed E-state index contributed by atoms with van der Waals surface area (Å²) in [6, 6.07) is 0. The number of hydrogen-bond acceptors (Lipinski definition) is 5. The van der Waals surface area contributed by atoms with Gasteiger partial charge >= 0.3 is 0 Å². The second-order valence-electron chi connectivity index (χ2n) is 4.84. The quantitative estimate of drug-likeness (QED) is 0.834. The number of ether oxygens (including phenoxy) is 1. The Morgan fingerprint density at radius 2 is 1.74 bits per heavy atom. The zero-order chi connectivity index (χ0) is 14.2.